The zero-order valence-corrected chi connectivity index (χ0v) is 15.9. The number of aryl methyl sites for hydroxylation is 1. The number of rotatable bonds is 8. The van der Waals surface area contributed by atoms with Crippen LogP contribution in [0.5, 0.6) is 0 Å². The molecule has 142 valence electrons. The molecule has 1 fully saturated rings. The highest BCUT2D eigenvalue weighted by Crippen LogP contribution is 2.35. The van der Waals surface area contributed by atoms with Crippen LogP contribution in [0.1, 0.15) is 43.2 Å². The molecule has 3 amide bonds. The number of fused-ring (bicyclic) bond motifs is 1. The van der Waals surface area contributed by atoms with Crippen molar-refractivity contribution in [1.82, 2.24) is 15.1 Å². The fraction of sp³-hybridized carbons (Fsp3) is 0.600. The molecule has 1 aliphatic carbocycles. The Bertz CT molecular complexity index is 661. The van der Waals surface area contributed by atoms with E-state index < -0.39 is 0 Å². The summed E-state index contributed by atoms with van der Waals surface area (Å²) in [5.74, 6) is 0.511. The first-order chi connectivity index (χ1) is 12.5. The molecule has 1 aromatic rings. The van der Waals surface area contributed by atoms with Crippen molar-refractivity contribution in [1.29, 1.82) is 0 Å². The van der Waals surface area contributed by atoms with Crippen LogP contribution in [0.3, 0.4) is 0 Å². The van der Waals surface area contributed by atoms with Gasteiger partial charge < -0.3 is 20.4 Å². The Hall–Kier alpha value is -2.08. The van der Waals surface area contributed by atoms with E-state index in [4.69, 9.17) is 0 Å². The molecular formula is C20H30N4O2. The number of likely N-dealkylation sites (N-methyl/N-ethyl adjacent to an activating group) is 1. The van der Waals surface area contributed by atoms with Gasteiger partial charge >= 0.3 is 6.03 Å². The lowest BCUT2D eigenvalue weighted by Crippen LogP contribution is -2.30. The minimum Gasteiger partial charge on any atom is -0.336 e. The Morgan fingerprint density at radius 1 is 1.38 bits per heavy atom. The number of hydrogen-bond acceptors (Lipinski definition) is 3. The molecule has 2 N–H and O–H groups in total. The Morgan fingerprint density at radius 2 is 2.23 bits per heavy atom. The SMILES string of the molecule is CC(=O)Nc1ccc2c(c1)C(CN(C)CCCCN1CCNC1=O)CC2. The molecule has 3 rings (SSSR count). The van der Waals surface area contributed by atoms with Gasteiger partial charge in [-0.15, -0.1) is 0 Å². The van der Waals surface area contributed by atoms with Crippen molar-refractivity contribution in [2.24, 2.45) is 0 Å². The number of nitrogens with zero attached hydrogens (tertiary/aromatic N) is 2. The van der Waals surface area contributed by atoms with E-state index in [1.165, 1.54) is 17.5 Å². The highest BCUT2D eigenvalue weighted by Gasteiger charge is 2.24. The highest BCUT2D eigenvalue weighted by atomic mass is 16.2. The summed E-state index contributed by atoms with van der Waals surface area (Å²) in [5.41, 5.74) is 3.70. The molecular weight excluding hydrogens is 328 g/mol. The average molecular weight is 358 g/mol. The van der Waals surface area contributed by atoms with Crippen LogP contribution in [0.2, 0.25) is 0 Å². The molecule has 0 bridgehead atoms. The van der Waals surface area contributed by atoms with Crippen LogP contribution in [0.25, 0.3) is 0 Å². The predicted octanol–water partition coefficient (Wildman–Crippen LogP) is 2.41. The fourth-order valence-corrected chi connectivity index (χ4v) is 4.03. The van der Waals surface area contributed by atoms with Crippen molar-refractivity contribution in [3.8, 4) is 0 Å². The number of carbonyl (C=O) groups is 2. The van der Waals surface area contributed by atoms with Crippen LogP contribution in [-0.4, -0.2) is 61.5 Å². The second-order valence-electron chi connectivity index (χ2n) is 7.52. The van der Waals surface area contributed by atoms with Crippen molar-refractivity contribution in [3.63, 3.8) is 0 Å². The Balaban J connectivity index is 1.44. The van der Waals surface area contributed by atoms with Crippen LogP contribution in [-0.2, 0) is 11.2 Å². The maximum absolute atomic E-state index is 11.5. The molecule has 1 heterocycles. The first-order valence-corrected chi connectivity index (χ1v) is 9.64. The van der Waals surface area contributed by atoms with E-state index in [9.17, 15) is 9.59 Å². The maximum Gasteiger partial charge on any atom is 0.317 e. The number of amides is 3. The van der Waals surface area contributed by atoms with Crippen LogP contribution >= 0.6 is 0 Å². The molecule has 0 aromatic heterocycles. The first-order valence-electron chi connectivity index (χ1n) is 9.64. The number of carbonyl (C=O) groups excluding carboxylic acids is 2. The van der Waals surface area contributed by atoms with Crippen LogP contribution in [0.15, 0.2) is 18.2 Å². The molecule has 6 nitrogen and oxygen atoms in total. The summed E-state index contributed by atoms with van der Waals surface area (Å²) in [5, 5.41) is 5.73. The van der Waals surface area contributed by atoms with E-state index in [0.29, 0.717) is 5.92 Å². The number of benzene rings is 1. The summed E-state index contributed by atoms with van der Waals surface area (Å²) in [4.78, 5) is 27.1. The molecule has 1 saturated heterocycles. The molecule has 0 spiro atoms. The van der Waals surface area contributed by atoms with Gasteiger partial charge in [0.2, 0.25) is 5.91 Å². The monoisotopic (exact) mass is 358 g/mol. The van der Waals surface area contributed by atoms with E-state index in [1.807, 2.05) is 11.0 Å². The molecule has 6 heteroatoms. The minimum atomic E-state index is -0.0247. The highest BCUT2D eigenvalue weighted by molar-refractivity contribution is 5.88. The van der Waals surface area contributed by atoms with Crippen molar-refractivity contribution < 1.29 is 9.59 Å². The molecule has 1 atom stereocenters. The molecule has 1 unspecified atom stereocenters. The van der Waals surface area contributed by atoms with E-state index in [1.54, 1.807) is 6.92 Å². The van der Waals surface area contributed by atoms with Crippen LogP contribution < -0.4 is 10.6 Å². The number of urea groups is 1. The topological polar surface area (TPSA) is 64.7 Å². The van der Waals surface area contributed by atoms with Gasteiger partial charge in [0.15, 0.2) is 0 Å². The minimum absolute atomic E-state index is 0.0247. The molecule has 0 radical (unpaired) electrons. The van der Waals surface area contributed by atoms with Gasteiger partial charge in [-0.3, -0.25) is 4.79 Å². The van der Waals surface area contributed by atoms with Crippen LogP contribution in [0.4, 0.5) is 10.5 Å². The largest absolute Gasteiger partial charge is 0.336 e. The number of hydrogen-bond donors (Lipinski definition) is 2. The summed E-state index contributed by atoms with van der Waals surface area (Å²) >= 11 is 0. The Morgan fingerprint density at radius 3 is 2.96 bits per heavy atom. The Labute approximate surface area is 155 Å². The first kappa shape index (κ1) is 18.7. The van der Waals surface area contributed by atoms with Gasteiger partial charge in [0, 0.05) is 38.8 Å². The van der Waals surface area contributed by atoms with Crippen molar-refractivity contribution >= 4 is 17.6 Å². The lowest BCUT2D eigenvalue weighted by atomic mass is 10.00. The third-order valence-electron chi connectivity index (χ3n) is 5.36. The lowest BCUT2D eigenvalue weighted by molar-refractivity contribution is -0.114. The Kier molecular flexibility index (Phi) is 6.14. The molecule has 26 heavy (non-hydrogen) atoms. The summed E-state index contributed by atoms with van der Waals surface area (Å²) < 4.78 is 0. The third-order valence-corrected chi connectivity index (χ3v) is 5.36. The maximum atomic E-state index is 11.5. The van der Waals surface area contributed by atoms with Crippen LogP contribution in [0, 0.1) is 0 Å². The van der Waals surface area contributed by atoms with E-state index in [0.717, 1.165) is 57.7 Å². The summed E-state index contributed by atoms with van der Waals surface area (Å²) in [6.45, 7) is 6.11. The van der Waals surface area contributed by atoms with E-state index in [2.05, 4.69) is 34.7 Å². The predicted molar refractivity (Wildman–Crippen MR) is 104 cm³/mol. The zero-order valence-electron chi connectivity index (χ0n) is 15.9. The zero-order chi connectivity index (χ0) is 18.5. The summed E-state index contributed by atoms with van der Waals surface area (Å²) in [6.07, 6.45) is 4.45. The fourth-order valence-electron chi connectivity index (χ4n) is 4.03. The van der Waals surface area contributed by atoms with Gasteiger partial charge in [-0.25, -0.2) is 4.79 Å². The third kappa shape index (κ3) is 4.75. The van der Waals surface area contributed by atoms with E-state index in [-0.39, 0.29) is 11.9 Å². The van der Waals surface area contributed by atoms with Crippen molar-refractivity contribution in [3.05, 3.63) is 29.3 Å². The number of nitrogens with one attached hydrogen (secondary N) is 2. The summed E-state index contributed by atoms with van der Waals surface area (Å²) in [6, 6.07) is 6.38. The summed E-state index contributed by atoms with van der Waals surface area (Å²) in [7, 11) is 2.18. The van der Waals surface area contributed by atoms with Gasteiger partial charge in [0.05, 0.1) is 0 Å². The number of unbranched alkanes of at least 4 members (excludes halogenated alkanes) is 1. The van der Waals surface area contributed by atoms with Crippen molar-refractivity contribution in [2.75, 3.05) is 45.1 Å². The standard InChI is InChI=1S/C20H30N4O2/c1-15(25)22-18-8-7-16-5-6-17(19(16)13-18)14-23(2)10-3-4-11-24-12-9-21-20(24)26/h7-8,13,17H,3-6,9-12,14H2,1-2H3,(H,21,26)(H,22,25). The van der Waals surface area contributed by atoms with Gasteiger partial charge in [-0.1, -0.05) is 6.07 Å². The quantitative estimate of drug-likeness (QED) is 0.702. The smallest absolute Gasteiger partial charge is 0.317 e. The normalized spacial score (nSPS) is 19.0. The van der Waals surface area contributed by atoms with Gasteiger partial charge in [0.1, 0.15) is 0 Å². The molecule has 1 aliphatic heterocycles. The lowest BCUT2D eigenvalue weighted by Gasteiger charge is -2.22. The number of anilines is 1. The average Bonchev–Trinajstić information content (AvgIpc) is 3.18. The van der Waals surface area contributed by atoms with Gasteiger partial charge in [-0.05, 0) is 68.5 Å². The van der Waals surface area contributed by atoms with Crippen molar-refractivity contribution in [2.45, 2.75) is 38.5 Å². The second-order valence-corrected chi connectivity index (χ2v) is 7.52. The van der Waals surface area contributed by atoms with Gasteiger partial charge in [-0.2, -0.15) is 0 Å². The van der Waals surface area contributed by atoms with E-state index >= 15 is 0 Å². The molecule has 2 aliphatic rings. The second kappa shape index (κ2) is 8.54. The molecule has 0 saturated carbocycles. The molecule has 1 aromatic carbocycles. The van der Waals surface area contributed by atoms with Gasteiger partial charge in [0.25, 0.3) is 0 Å².